The number of rotatable bonds is 4. The molecule has 1 aromatic carbocycles. The minimum Gasteiger partial charge on any atom is -0.0951 e. The van der Waals surface area contributed by atoms with Crippen molar-refractivity contribution in [3.05, 3.63) is 46.5 Å². The monoisotopic (exact) mass is 412 g/mol. The van der Waals surface area contributed by atoms with E-state index in [4.69, 9.17) is 0 Å². The fraction of sp³-hybridized carbons (Fsp3) is 0.600. The maximum absolute atomic E-state index is 3.53. The molecule has 0 unspecified atom stereocenters. The van der Waals surface area contributed by atoms with Crippen LogP contribution in [-0.2, 0) is 0 Å². The normalized spacial score (nSPS) is 29.3. The van der Waals surface area contributed by atoms with Gasteiger partial charge < -0.3 is 0 Å². The van der Waals surface area contributed by atoms with Gasteiger partial charge in [-0.25, -0.2) is 0 Å². The Bertz CT molecular complexity index is 614. The molecule has 0 aliphatic heterocycles. The summed E-state index contributed by atoms with van der Waals surface area (Å²) in [6, 6.07) is 8.89. The molecule has 0 saturated heterocycles. The van der Waals surface area contributed by atoms with E-state index in [-0.39, 0.29) is 0 Å². The largest absolute Gasteiger partial charge is 0.0951 e. The van der Waals surface area contributed by atoms with Crippen LogP contribution >= 0.6 is 15.9 Å². The van der Waals surface area contributed by atoms with Crippen LogP contribution in [0, 0.1) is 29.6 Å². The van der Waals surface area contributed by atoms with E-state index in [9.17, 15) is 0 Å². The van der Waals surface area contributed by atoms with Crippen molar-refractivity contribution in [2.24, 2.45) is 17.8 Å². The van der Waals surface area contributed by atoms with Crippen LogP contribution in [0.4, 0.5) is 0 Å². The van der Waals surface area contributed by atoms with E-state index in [0.717, 1.165) is 17.8 Å². The highest BCUT2D eigenvalue weighted by Crippen LogP contribution is 2.36. The predicted octanol–water partition coefficient (Wildman–Crippen LogP) is 7.89. The summed E-state index contributed by atoms with van der Waals surface area (Å²) < 4.78 is 1.17. The third-order valence-electron chi connectivity index (χ3n) is 6.40. The second kappa shape index (κ2) is 10.4. The number of allylic oxidation sites excluding steroid dienone is 2. The average molecular weight is 413 g/mol. The van der Waals surface area contributed by atoms with Crippen LogP contribution in [-0.4, -0.2) is 0 Å². The molecule has 0 radical (unpaired) electrons. The van der Waals surface area contributed by atoms with Gasteiger partial charge in [-0.2, -0.15) is 0 Å². The Balaban J connectivity index is 1.39. The minimum absolute atomic E-state index is 0.603. The van der Waals surface area contributed by atoms with Gasteiger partial charge in [-0.3, -0.25) is 0 Å². The Hall–Kier alpha value is -1.000. The number of halogens is 1. The van der Waals surface area contributed by atoms with Gasteiger partial charge in [-0.05, 0) is 92.9 Å². The van der Waals surface area contributed by atoms with Crippen LogP contribution in [0.1, 0.15) is 82.6 Å². The lowest BCUT2D eigenvalue weighted by Gasteiger charge is -2.26. The number of hydrogen-bond donors (Lipinski definition) is 0. The van der Waals surface area contributed by atoms with Crippen molar-refractivity contribution in [2.75, 3.05) is 0 Å². The lowest BCUT2D eigenvalue weighted by atomic mass is 9.79. The topological polar surface area (TPSA) is 0 Å². The molecule has 2 aliphatic carbocycles. The van der Waals surface area contributed by atoms with E-state index < -0.39 is 0 Å². The first-order valence-corrected chi connectivity index (χ1v) is 11.5. The van der Waals surface area contributed by atoms with Crippen LogP contribution in [0.2, 0.25) is 0 Å². The third kappa shape index (κ3) is 6.02. The summed E-state index contributed by atoms with van der Waals surface area (Å²) in [6.07, 6.45) is 18.0. The van der Waals surface area contributed by atoms with Gasteiger partial charge >= 0.3 is 0 Å². The van der Waals surface area contributed by atoms with Crippen LogP contribution in [0.3, 0.4) is 0 Å². The van der Waals surface area contributed by atoms with Crippen molar-refractivity contribution in [1.82, 2.24) is 0 Å². The molecule has 3 rings (SSSR count). The highest BCUT2D eigenvalue weighted by atomic mass is 79.9. The molecule has 0 atom stereocenters. The summed E-state index contributed by atoms with van der Waals surface area (Å²) in [7, 11) is 0. The maximum atomic E-state index is 3.53. The quantitative estimate of drug-likeness (QED) is 0.440. The van der Waals surface area contributed by atoms with E-state index in [2.05, 4.69) is 71.1 Å². The first-order chi connectivity index (χ1) is 12.7. The van der Waals surface area contributed by atoms with Crippen LogP contribution in [0.5, 0.6) is 0 Å². The average Bonchev–Trinajstić information content (AvgIpc) is 2.68. The van der Waals surface area contributed by atoms with Crippen molar-refractivity contribution in [2.45, 2.75) is 77.0 Å². The predicted molar refractivity (Wildman–Crippen MR) is 116 cm³/mol. The highest BCUT2D eigenvalue weighted by molar-refractivity contribution is 9.10. The molecule has 140 valence electrons. The number of hydrogen-bond acceptors (Lipinski definition) is 0. The molecule has 1 aromatic rings. The van der Waals surface area contributed by atoms with Gasteiger partial charge in [0.2, 0.25) is 0 Å². The van der Waals surface area contributed by atoms with Crippen molar-refractivity contribution in [3.8, 4) is 11.8 Å². The van der Waals surface area contributed by atoms with Gasteiger partial charge in [0.05, 0.1) is 0 Å². The molecule has 26 heavy (non-hydrogen) atoms. The summed E-state index contributed by atoms with van der Waals surface area (Å²) >= 11 is 3.53. The zero-order chi connectivity index (χ0) is 18.2. The molecule has 0 spiro atoms. The molecule has 0 amide bonds. The van der Waals surface area contributed by atoms with Gasteiger partial charge in [-0.15, -0.1) is 0 Å². The SMILES string of the molecule is CCCC1CCC(C=CC#CC2CCC(c3ccc(Br)cc3)CC2)CC1. The first-order valence-electron chi connectivity index (χ1n) is 10.7. The molecule has 0 heterocycles. The summed E-state index contributed by atoms with van der Waals surface area (Å²) in [5.74, 6) is 10.0. The standard InChI is InChI=1S/C25H33Br/c1-2-5-20-8-10-21(11-9-20)6-3-4-7-22-12-14-23(15-13-22)24-16-18-25(26)19-17-24/h3,6,16-23H,2,5,8-15H2,1H3. The van der Waals surface area contributed by atoms with E-state index in [1.807, 2.05) is 0 Å². The molecule has 0 nitrogen and oxygen atoms in total. The van der Waals surface area contributed by atoms with Crippen LogP contribution < -0.4 is 0 Å². The molecule has 0 bridgehead atoms. The molecular formula is C25H33Br. The van der Waals surface area contributed by atoms with Crippen molar-refractivity contribution in [3.63, 3.8) is 0 Å². The van der Waals surface area contributed by atoms with Gasteiger partial charge in [0, 0.05) is 10.4 Å². The van der Waals surface area contributed by atoms with Crippen molar-refractivity contribution >= 4 is 15.9 Å². The Morgan fingerprint density at radius 2 is 1.65 bits per heavy atom. The number of benzene rings is 1. The molecule has 0 aromatic heterocycles. The molecule has 1 heteroatoms. The van der Waals surface area contributed by atoms with Crippen molar-refractivity contribution in [1.29, 1.82) is 0 Å². The van der Waals surface area contributed by atoms with Crippen molar-refractivity contribution < 1.29 is 0 Å². The second-order valence-electron chi connectivity index (χ2n) is 8.32. The zero-order valence-corrected chi connectivity index (χ0v) is 17.8. The lowest BCUT2D eigenvalue weighted by molar-refractivity contribution is 0.294. The summed E-state index contributed by atoms with van der Waals surface area (Å²) in [6.45, 7) is 2.31. The van der Waals surface area contributed by atoms with Crippen LogP contribution in [0.15, 0.2) is 40.9 Å². The highest BCUT2D eigenvalue weighted by Gasteiger charge is 2.21. The van der Waals surface area contributed by atoms with E-state index in [1.54, 1.807) is 0 Å². The summed E-state index contributed by atoms with van der Waals surface area (Å²) in [4.78, 5) is 0. The van der Waals surface area contributed by atoms with Gasteiger partial charge in [0.25, 0.3) is 0 Å². The van der Waals surface area contributed by atoms with Gasteiger partial charge in [-0.1, -0.05) is 65.7 Å². The van der Waals surface area contributed by atoms with E-state index in [1.165, 1.54) is 74.2 Å². The molecule has 2 fully saturated rings. The van der Waals surface area contributed by atoms with Gasteiger partial charge in [0.15, 0.2) is 0 Å². The fourth-order valence-corrected chi connectivity index (χ4v) is 5.00. The summed E-state index contributed by atoms with van der Waals surface area (Å²) in [5, 5.41) is 0. The Morgan fingerprint density at radius 1 is 0.962 bits per heavy atom. The molecule has 2 aliphatic rings. The van der Waals surface area contributed by atoms with Gasteiger partial charge in [0.1, 0.15) is 0 Å². The third-order valence-corrected chi connectivity index (χ3v) is 6.92. The Kier molecular flexibility index (Phi) is 7.87. The molecular weight excluding hydrogens is 380 g/mol. The molecule has 0 N–H and O–H groups in total. The maximum Gasteiger partial charge on any atom is 0.0206 e. The lowest BCUT2D eigenvalue weighted by Crippen LogP contribution is -2.12. The second-order valence-corrected chi connectivity index (χ2v) is 9.23. The Labute approximate surface area is 169 Å². The minimum atomic E-state index is 0.603. The zero-order valence-electron chi connectivity index (χ0n) is 16.2. The smallest absolute Gasteiger partial charge is 0.0206 e. The Morgan fingerprint density at radius 3 is 2.31 bits per heavy atom. The molecule has 2 saturated carbocycles. The van der Waals surface area contributed by atoms with E-state index >= 15 is 0 Å². The summed E-state index contributed by atoms with van der Waals surface area (Å²) in [5.41, 5.74) is 1.50. The fourth-order valence-electron chi connectivity index (χ4n) is 4.73. The van der Waals surface area contributed by atoms with E-state index in [0.29, 0.717) is 5.92 Å². The first kappa shape index (κ1) is 19.8. The van der Waals surface area contributed by atoms with Crippen LogP contribution in [0.25, 0.3) is 0 Å².